The van der Waals surface area contributed by atoms with Gasteiger partial charge in [-0.25, -0.2) is 5.43 Å². The minimum atomic E-state index is -0.239. The van der Waals surface area contributed by atoms with E-state index in [0.717, 1.165) is 27.6 Å². The number of rotatable bonds is 10. The summed E-state index contributed by atoms with van der Waals surface area (Å²) in [7, 11) is 0. The Kier molecular flexibility index (Phi) is 7.74. The van der Waals surface area contributed by atoms with Crippen LogP contribution >= 0.6 is 0 Å². The van der Waals surface area contributed by atoms with E-state index in [1.54, 1.807) is 6.21 Å². The number of nitrogens with zero attached hydrogens (tertiary/aromatic N) is 1. The van der Waals surface area contributed by atoms with Gasteiger partial charge >= 0.3 is 0 Å². The molecular weight excluding hydrogens is 426 g/mol. The highest BCUT2D eigenvalue weighted by Crippen LogP contribution is 2.29. The van der Waals surface area contributed by atoms with Crippen molar-refractivity contribution in [3.8, 4) is 11.5 Å². The number of nitrogens with one attached hydrogen (secondary N) is 2. The summed E-state index contributed by atoms with van der Waals surface area (Å²) in [5.41, 5.74) is 5.33. The number of ether oxygens (including phenoxy) is 2. The van der Waals surface area contributed by atoms with Crippen molar-refractivity contribution < 1.29 is 14.3 Å². The van der Waals surface area contributed by atoms with Gasteiger partial charge in [0.1, 0.15) is 6.61 Å². The smallest absolute Gasteiger partial charge is 0.259 e. The van der Waals surface area contributed by atoms with Crippen LogP contribution in [0, 0.1) is 0 Å². The number of hydrogen-bond donors (Lipinski definition) is 2. The minimum Gasteiger partial charge on any atom is -0.490 e. The highest BCUT2D eigenvalue weighted by atomic mass is 16.5. The van der Waals surface area contributed by atoms with Crippen LogP contribution in [-0.4, -0.2) is 25.3 Å². The molecule has 4 aromatic rings. The van der Waals surface area contributed by atoms with Gasteiger partial charge in [0.15, 0.2) is 11.5 Å². The maximum atomic E-state index is 12.3. The molecule has 172 valence electrons. The van der Waals surface area contributed by atoms with E-state index >= 15 is 0 Å². The summed E-state index contributed by atoms with van der Waals surface area (Å²) >= 11 is 0. The Labute approximate surface area is 199 Å². The van der Waals surface area contributed by atoms with Crippen LogP contribution in [-0.2, 0) is 11.4 Å². The van der Waals surface area contributed by atoms with E-state index in [1.807, 2.05) is 97.9 Å². The van der Waals surface area contributed by atoms with E-state index in [0.29, 0.717) is 24.7 Å². The largest absolute Gasteiger partial charge is 0.490 e. The van der Waals surface area contributed by atoms with Crippen molar-refractivity contribution in [2.45, 2.75) is 13.5 Å². The maximum Gasteiger partial charge on any atom is 0.259 e. The zero-order valence-electron chi connectivity index (χ0n) is 19.0. The second kappa shape index (κ2) is 11.5. The molecule has 0 radical (unpaired) electrons. The Morgan fingerprint density at radius 1 is 0.882 bits per heavy atom. The Hall–Kier alpha value is -4.32. The Morgan fingerprint density at radius 3 is 2.53 bits per heavy atom. The fraction of sp³-hybridized carbons (Fsp3) is 0.143. The molecule has 0 unspecified atom stereocenters. The molecule has 0 bridgehead atoms. The first-order valence-corrected chi connectivity index (χ1v) is 11.2. The van der Waals surface area contributed by atoms with Gasteiger partial charge in [-0.3, -0.25) is 4.79 Å². The zero-order valence-corrected chi connectivity index (χ0v) is 19.0. The molecule has 2 N–H and O–H groups in total. The maximum absolute atomic E-state index is 12.3. The fourth-order valence-corrected chi connectivity index (χ4v) is 3.50. The number of fused-ring (bicyclic) bond motifs is 1. The first kappa shape index (κ1) is 22.9. The van der Waals surface area contributed by atoms with Crippen molar-refractivity contribution in [3.63, 3.8) is 0 Å². The average molecular weight is 454 g/mol. The molecule has 0 spiro atoms. The van der Waals surface area contributed by atoms with Crippen LogP contribution in [0.5, 0.6) is 11.5 Å². The summed E-state index contributed by atoms with van der Waals surface area (Å²) < 4.78 is 11.7. The lowest BCUT2D eigenvalue weighted by Crippen LogP contribution is -2.25. The van der Waals surface area contributed by atoms with Crippen LogP contribution in [0.4, 0.5) is 5.69 Å². The lowest BCUT2D eigenvalue weighted by Gasteiger charge is -2.12. The van der Waals surface area contributed by atoms with Gasteiger partial charge in [0.05, 0.1) is 19.4 Å². The topological polar surface area (TPSA) is 72.0 Å². The molecule has 4 rings (SSSR count). The van der Waals surface area contributed by atoms with E-state index in [-0.39, 0.29) is 12.5 Å². The van der Waals surface area contributed by atoms with Gasteiger partial charge in [0.2, 0.25) is 0 Å². The van der Waals surface area contributed by atoms with Crippen molar-refractivity contribution in [1.82, 2.24) is 5.43 Å². The lowest BCUT2D eigenvalue weighted by molar-refractivity contribution is -0.119. The summed E-state index contributed by atoms with van der Waals surface area (Å²) in [5.74, 6) is 1.05. The minimum absolute atomic E-state index is 0.113. The molecular formula is C28H27N3O3. The Bertz CT molecular complexity index is 1270. The van der Waals surface area contributed by atoms with Crippen molar-refractivity contribution in [1.29, 1.82) is 0 Å². The highest BCUT2D eigenvalue weighted by molar-refractivity contribution is 5.95. The molecule has 0 fully saturated rings. The lowest BCUT2D eigenvalue weighted by atomic mass is 10.1. The second-order valence-electron chi connectivity index (χ2n) is 7.59. The summed E-state index contributed by atoms with van der Waals surface area (Å²) in [6.45, 7) is 3.00. The summed E-state index contributed by atoms with van der Waals surface area (Å²) in [4.78, 5) is 12.3. The van der Waals surface area contributed by atoms with Gasteiger partial charge in [-0.2, -0.15) is 5.10 Å². The van der Waals surface area contributed by atoms with Crippen LogP contribution < -0.4 is 20.2 Å². The first-order chi connectivity index (χ1) is 16.7. The van der Waals surface area contributed by atoms with E-state index in [1.165, 1.54) is 0 Å². The zero-order chi connectivity index (χ0) is 23.6. The van der Waals surface area contributed by atoms with Gasteiger partial charge in [-0.05, 0) is 47.7 Å². The SMILES string of the molecule is CCOc1cc(/C=N\NC(=O)CNc2cccc3ccccc23)ccc1OCc1ccccc1. The van der Waals surface area contributed by atoms with Crippen LogP contribution in [0.1, 0.15) is 18.1 Å². The number of hydrogen-bond acceptors (Lipinski definition) is 5. The molecule has 0 aromatic heterocycles. The van der Waals surface area contributed by atoms with Crippen molar-refractivity contribution in [2.75, 3.05) is 18.5 Å². The second-order valence-corrected chi connectivity index (χ2v) is 7.59. The van der Waals surface area contributed by atoms with Gasteiger partial charge in [-0.15, -0.1) is 0 Å². The molecule has 0 atom stereocenters. The monoisotopic (exact) mass is 453 g/mol. The molecule has 0 heterocycles. The molecule has 6 nitrogen and oxygen atoms in total. The molecule has 6 heteroatoms. The number of amides is 1. The number of benzene rings is 4. The third-order valence-electron chi connectivity index (χ3n) is 5.14. The summed E-state index contributed by atoms with van der Waals surface area (Å²) in [5, 5.41) is 9.44. The Morgan fingerprint density at radius 2 is 1.68 bits per heavy atom. The quantitative estimate of drug-likeness (QED) is 0.250. The van der Waals surface area contributed by atoms with Crippen molar-refractivity contribution in [2.24, 2.45) is 5.10 Å². The summed E-state index contributed by atoms with van der Waals surface area (Å²) in [6, 6.07) is 29.5. The van der Waals surface area contributed by atoms with Crippen LogP contribution in [0.15, 0.2) is 96.1 Å². The number of hydrazone groups is 1. The molecule has 4 aromatic carbocycles. The van der Waals surface area contributed by atoms with Crippen LogP contribution in [0.2, 0.25) is 0 Å². The fourth-order valence-electron chi connectivity index (χ4n) is 3.50. The van der Waals surface area contributed by atoms with Crippen LogP contribution in [0.25, 0.3) is 10.8 Å². The van der Waals surface area contributed by atoms with E-state index in [2.05, 4.69) is 15.8 Å². The van der Waals surface area contributed by atoms with Gasteiger partial charge < -0.3 is 14.8 Å². The molecule has 1 amide bonds. The molecule has 0 aliphatic carbocycles. The molecule has 0 aliphatic heterocycles. The highest BCUT2D eigenvalue weighted by Gasteiger charge is 2.07. The third-order valence-corrected chi connectivity index (χ3v) is 5.14. The molecule has 0 aliphatic rings. The standard InChI is InChI=1S/C28H27N3O3/c1-2-33-27-17-22(15-16-26(27)34-20-21-9-4-3-5-10-21)18-30-31-28(32)19-29-25-14-8-12-23-11-6-7-13-24(23)25/h3-18,29H,2,19-20H2,1H3,(H,31,32)/b30-18-. The average Bonchev–Trinajstić information content (AvgIpc) is 2.88. The third kappa shape index (κ3) is 6.13. The van der Waals surface area contributed by atoms with Crippen LogP contribution in [0.3, 0.4) is 0 Å². The molecule has 34 heavy (non-hydrogen) atoms. The number of carbonyl (C=O) groups excluding carboxylic acids is 1. The first-order valence-electron chi connectivity index (χ1n) is 11.2. The van der Waals surface area contributed by atoms with Crippen molar-refractivity contribution >= 4 is 28.6 Å². The molecule has 0 saturated heterocycles. The van der Waals surface area contributed by atoms with Crippen molar-refractivity contribution in [3.05, 3.63) is 102 Å². The normalized spacial score (nSPS) is 10.9. The molecule has 0 saturated carbocycles. The van der Waals surface area contributed by atoms with Gasteiger partial charge in [0.25, 0.3) is 5.91 Å². The van der Waals surface area contributed by atoms with Gasteiger partial charge in [-0.1, -0.05) is 66.7 Å². The predicted molar refractivity (Wildman–Crippen MR) is 137 cm³/mol. The Balaban J connectivity index is 1.33. The summed E-state index contributed by atoms with van der Waals surface area (Å²) in [6.07, 6.45) is 1.58. The van der Waals surface area contributed by atoms with E-state index in [4.69, 9.17) is 9.47 Å². The predicted octanol–water partition coefficient (Wildman–Crippen LogP) is 5.38. The number of anilines is 1. The number of carbonyl (C=O) groups is 1. The van der Waals surface area contributed by atoms with Gasteiger partial charge in [0, 0.05) is 11.1 Å². The van der Waals surface area contributed by atoms with E-state index in [9.17, 15) is 4.79 Å². The van der Waals surface area contributed by atoms with E-state index < -0.39 is 0 Å².